The molecule has 2 nitrogen and oxygen atoms in total. The van der Waals surface area contributed by atoms with Crippen molar-refractivity contribution in [2.75, 3.05) is 0 Å². The molecule has 0 aromatic rings. The summed E-state index contributed by atoms with van der Waals surface area (Å²) in [5.41, 5.74) is 4.55. The van der Waals surface area contributed by atoms with Crippen LogP contribution in [0.3, 0.4) is 0 Å². The van der Waals surface area contributed by atoms with E-state index in [1.165, 1.54) is 0 Å². The van der Waals surface area contributed by atoms with Crippen LogP contribution in [-0.4, -0.2) is 22.6 Å². The van der Waals surface area contributed by atoms with E-state index in [1.807, 2.05) is 0 Å². The predicted octanol–water partition coefficient (Wildman–Crippen LogP) is 1.57. The summed E-state index contributed by atoms with van der Waals surface area (Å²) < 4.78 is 0. The van der Waals surface area contributed by atoms with Crippen molar-refractivity contribution in [1.29, 1.82) is 0 Å². The molecule has 0 aromatic carbocycles. The van der Waals surface area contributed by atoms with Crippen LogP contribution in [0.4, 0.5) is 0 Å². The molecule has 0 rings (SSSR count). The normalized spacial score (nSPS) is 11.1. The maximum absolute atomic E-state index is 4.69. The maximum Gasteiger partial charge on any atom is 0.0759 e. The van der Waals surface area contributed by atoms with Gasteiger partial charge in [0.1, 0.15) is 0 Å². The van der Waals surface area contributed by atoms with Gasteiger partial charge >= 0.3 is 0 Å². The predicted molar refractivity (Wildman–Crippen MR) is 48.9 cm³/mol. The van der Waals surface area contributed by atoms with E-state index in [-0.39, 0.29) is 0 Å². The second-order valence-corrected chi connectivity index (χ2v) is 3.08. The Morgan fingerprint density at radius 2 is 1.60 bits per heavy atom. The van der Waals surface area contributed by atoms with Gasteiger partial charge in [0.05, 0.1) is 5.49 Å². The first kappa shape index (κ1) is 9.85. The Bertz CT molecular complexity index is 93.8. The smallest absolute Gasteiger partial charge is 0.0759 e. The Morgan fingerprint density at radius 3 is 1.70 bits per heavy atom. The van der Waals surface area contributed by atoms with E-state index < -0.39 is 0 Å². The first-order valence-corrected chi connectivity index (χ1v) is 4.05. The van der Waals surface area contributed by atoms with Crippen LogP contribution in [0.5, 0.6) is 0 Å². The number of nitrogens with zero attached hydrogens (tertiary/aromatic N) is 1. The molecule has 0 atom stereocenters. The summed E-state index contributed by atoms with van der Waals surface area (Å²) in [4.78, 5) is 0. The molecule has 0 aliphatic rings. The molecule has 10 heavy (non-hydrogen) atoms. The lowest BCUT2D eigenvalue weighted by Crippen LogP contribution is -2.46. The fourth-order valence-corrected chi connectivity index (χ4v) is 1.08. The third-order valence-corrected chi connectivity index (χ3v) is 1.42. The Kier molecular flexibility index (Phi) is 4.56. The van der Waals surface area contributed by atoms with E-state index in [2.05, 4.69) is 50.3 Å². The van der Waals surface area contributed by atoms with Crippen LogP contribution in [0.15, 0.2) is 0 Å². The van der Waals surface area contributed by atoms with Gasteiger partial charge in [-0.1, -0.05) is 12.2 Å². The summed E-state index contributed by atoms with van der Waals surface area (Å²) in [6.45, 7) is 8.52. The van der Waals surface area contributed by atoms with Gasteiger partial charge in [0.2, 0.25) is 0 Å². The molecule has 0 fully saturated rings. The fraction of sp³-hybridized carbons (Fsp3) is 0.857. The van der Waals surface area contributed by atoms with Gasteiger partial charge in [-0.2, -0.15) is 0 Å². The highest BCUT2D eigenvalue weighted by Crippen LogP contribution is 1.98. The van der Waals surface area contributed by atoms with Crippen LogP contribution in [-0.2, 0) is 0 Å². The molecule has 0 aliphatic carbocycles. The molecule has 0 saturated heterocycles. The summed E-state index contributed by atoms with van der Waals surface area (Å²) in [5.74, 6) is 0. The summed E-state index contributed by atoms with van der Waals surface area (Å²) in [6, 6.07) is 0.971. The SMILES string of the molecule is CC(C)N(NC=S)C(C)C. The van der Waals surface area contributed by atoms with Gasteiger partial charge in [0.15, 0.2) is 0 Å². The van der Waals surface area contributed by atoms with Gasteiger partial charge in [-0.25, -0.2) is 5.01 Å². The topological polar surface area (TPSA) is 15.3 Å². The maximum atomic E-state index is 4.69. The Balaban J connectivity index is 3.84. The van der Waals surface area contributed by atoms with Crippen molar-refractivity contribution in [3.05, 3.63) is 0 Å². The van der Waals surface area contributed by atoms with E-state index in [0.717, 1.165) is 0 Å². The molecule has 3 heteroatoms. The second kappa shape index (κ2) is 4.63. The molecular weight excluding hydrogens is 144 g/mol. The van der Waals surface area contributed by atoms with Crippen molar-refractivity contribution in [2.45, 2.75) is 39.8 Å². The van der Waals surface area contributed by atoms with E-state index in [9.17, 15) is 0 Å². The molecule has 0 aliphatic heterocycles. The lowest BCUT2D eigenvalue weighted by molar-refractivity contribution is 0.143. The molecule has 0 bridgehead atoms. The molecule has 0 aromatic heterocycles. The Hall–Kier alpha value is -0.150. The van der Waals surface area contributed by atoms with Crippen LogP contribution in [0.1, 0.15) is 27.7 Å². The van der Waals surface area contributed by atoms with Gasteiger partial charge in [0.25, 0.3) is 0 Å². The van der Waals surface area contributed by atoms with Crippen LogP contribution in [0, 0.1) is 0 Å². The summed E-state index contributed by atoms with van der Waals surface area (Å²) in [5, 5.41) is 2.10. The average Bonchev–Trinajstić information content (AvgIpc) is 1.81. The van der Waals surface area contributed by atoms with E-state index in [0.29, 0.717) is 12.1 Å². The number of thiocarbonyl (C=S) groups is 1. The van der Waals surface area contributed by atoms with Gasteiger partial charge in [0, 0.05) is 12.1 Å². The van der Waals surface area contributed by atoms with Gasteiger partial charge in [-0.15, -0.1) is 0 Å². The van der Waals surface area contributed by atoms with Crippen molar-refractivity contribution >= 4 is 17.7 Å². The minimum atomic E-state index is 0.485. The van der Waals surface area contributed by atoms with E-state index in [4.69, 9.17) is 0 Å². The molecule has 0 radical (unpaired) electrons. The zero-order valence-corrected chi connectivity index (χ0v) is 7.90. The Labute approximate surface area is 68.6 Å². The van der Waals surface area contributed by atoms with Crippen molar-refractivity contribution in [2.24, 2.45) is 0 Å². The van der Waals surface area contributed by atoms with Crippen molar-refractivity contribution in [1.82, 2.24) is 10.4 Å². The fourth-order valence-electron chi connectivity index (χ4n) is 0.955. The minimum absolute atomic E-state index is 0.485. The third-order valence-electron chi connectivity index (χ3n) is 1.31. The van der Waals surface area contributed by atoms with E-state index in [1.54, 1.807) is 5.49 Å². The zero-order valence-electron chi connectivity index (χ0n) is 7.09. The summed E-state index contributed by atoms with van der Waals surface area (Å²) in [7, 11) is 0. The average molecular weight is 160 g/mol. The highest BCUT2D eigenvalue weighted by molar-refractivity contribution is 7.78. The first-order valence-electron chi connectivity index (χ1n) is 3.57. The number of nitrogens with one attached hydrogen (secondary N) is 1. The Morgan fingerprint density at radius 1 is 1.20 bits per heavy atom. The van der Waals surface area contributed by atoms with Gasteiger partial charge < -0.3 is 5.43 Å². The summed E-state index contributed by atoms with van der Waals surface area (Å²) in [6.07, 6.45) is 0. The monoisotopic (exact) mass is 160 g/mol. The van der Waals surface area contributed by atoms with Crippen LogP contribution >= 0.6 is 12.2 Å². The largest absolute Gasteiger partial charge is 0.315 e. The summed E-state index contributed by atoms with van der Waals surface area (Å²) >= 11 is 4.69. The number of rotatable bonds is 4. The van der Waals surface area contributed by atoms with Crippen LogP contribution in [0.2, 0.25) is 0 Å². The zero-order chi connectivity index (χ0) is 8.15. The van der Waals surface area contributed by atoms with Gasteiger partial charge in [-0.05, 0) is 27.7 Å². The third kappa shape index (κ3) is 3.13. The number of hydrogen-bond donors (Lipinski definition) is 1. The second-order valence-electron chi connectivity index (χ2n) is 2.84. The molecule has 0 amide bonds. The molecule has 0 saturated carbocycles. The van der Waals surface area contributed by atoms with E-state index >= 15 is 0 Å². The van der Waals surface area contributed by atoms with Crippen LogP contribution in [0.25, 0.3) is 0 Å². The highest BCUT2D eigenvalue weighted by atomic mass is 32.1. The quantitative estimate of drug-likeness (QED) is 0.496. The van der Waals surface area contributed by atoms with Crippen molar-refractivity contribution in [3.8, 4) is 0 Å². The molecule has 0 spiro atoms. The standard InChI is InChI=1S/C7H16N2S/c1-6(2)9(7(3)4)8-5-10/h5-7H,1-4H3,(H,8,10). The molecule has 0 heterocycles. The minimum Gasteiger partial charge on any atom is -0.315 e. The number of hydrogen-bond acceptors (Lipinski definition) is 2. The number of hydrazine groups is 1. The highest BCUT2D eigenvalue weighted by Gasteiger charge is 2.10. The molecule has 1 N–H and O–H groups in total. The van der Waals surface area contributed by atoms with Crippen molar-refractivity contribution in [3.63, 3.8) is 0 Å². The van der Waals surface area contributed by atoms with Crippen molar-refractivity contribution < 1.29 is 0 Å². The lowest BCUT2D eigenvalue weighted by Gasteiger charge is -2.29. The van der Waals surface area contributed by atoms with Gasteiger partial charge in [-0.3, -0.25) is 0 Å². The lowest BCUT2D eigenvalue weighted by atomic mass is 10.3. The molecule has 60 valence electrons. The molecule has 0 unspecified atom stereocenters. The van der Waals surface area contributed by atoms with Crippen LogP contribution < -0.4 is 5.43 Å². The first-order chi connectivity index (χ1) is 4.59. The molecular formula is C7H16N2S.